The maximum Gasteiger partial charge on any atom is 0.310 e. The van der Waals surface area contributed by atoms with Crippen molar-refractivity contribution in [2.75, 3.05) is 0 Å². The number of carboxylic acids is 1. The summed E-state index contributed by atoms with van der Waals surface area (Å²) in [5.74, 6) is -1.23. The molecule has 0 radical (unpaired) electrons. The van der Waals surface area contributed by atoms with Gasteiger partial charge in [0.15, 0.2) is 11.1 Å². The highest BCUT2D eigenvalue weighted by Gasteiger charge is 2.09. The van der Waals surface area contributed by atoms with Gasteiger partial charge in [-0.25, -0.2) is 9.20 Å². The van der Waals surface area contributed by atoms with Gasteiger partial charge in [-0.2, -0.15) is 0 Å². The summed E-state index contributed by atoms with van der Waals surface area (Å²) in [6, 6.07) is 4.69. The topological polar surface area (TPSA) is 113 Å². The molecule has 1 aromatic rings. The van der Waals surface area contributed by atoms with Crippen LogP contribution in [0.2, 0.25) is 0 Å². The van der Waals surface area contributed by atoms with Crippen molar-refractivity contribution in [3.8, 4) is 0 Å². The van der Waals surface area contributed by atoms with Gasteiger partial charge in [-0.1, -0.05) is 0 Å². The standard InChI is InChI=1S/C9H9IN2O4S/c10-5-1-2-6(7(3-5)17(15)16)12-8(11)4-9(13)14/h1-3H,4H2,(H2,11,12)(H,13,14)(H,15,16). The Balaban J connectivity index is 3.13. The molecule has 17 heavy (non-hydrogen) atoms. The van der Waals surface area contributed by atoms with Gasteiger partial charge >= 0.3 is 5.97 Å². The number of nitrogens with zero attached hydrogens (tertiary/aromatic N) is 1. The molecule has 6 nitrogen and oxygen atoms in total. The number of amidine groups is 1. The van der Waals surface area contributed by atoms with Crippen LogP contribution in [0, 0.1) is 3.57 Å². The van der Waals surface area contributed by atoms with E-state index in [0.29, 0.717) is 0 Å². The molecule has 4 N–H and O–H groups in total. The Kier molecular flexibility index (Phi) is 5.02. The van der Waals surface area contributed by atoms with Crippen LogP contribution in [0.15, 0.2) is 28.1 Å². The van der Waals surface area contributed by atoms with Crippen molar-refractivity contribution in [2.24, 2.45) is 10.7 Å². The Bertz CT molecular complexity index is 504. The maximum absolute atomic E-state index is 11.1. The molecule has 1 rings (SSSR count). The summed E-state index contributed by atoms with van der Waals surface area (Å²) in [5, 5.41) is 8.51. The Labute approximate surface area is 113 Å². The quantitative estimate of drug-likeness (QED) is 0.321. The molecule has 0 heterocycles. The first-order valence-corrected chi connectivity index (χ1v) is 6.54. The predicted octanol–water partition coefficient (Wildman–Crippen LogP) is 1.34. The molecule has 8 heteroatoms. The Morgan fingerprint density at radius 1 is 1.53 bits per heavy atom. The smallest absolute Gasteiger partial charge is 0.310 e. The average molecular weight is 368 g/mol. The molecule has 0 aliphatic heterocycles. The molecule has 0 spiro atoms. The molecule has 0 aromatic heterocycles. The van der Waals surface area contributed by atoms with Crippen molar-refractivity contribution in [3.05, 3.63) is 21.8 Å². The van der Waals surface area contributed by atoms with Crippen LogP contribution >= 0.6 is 22.6 Å². The van der Waals surface area contributed by atoms with Crippen LogP contribution in [-0.4, -0.2) is 25.7 Å². The Morgan fingerprint density at radius 3 is 2.71 bits per heavy atom. The van der Waals surface area contributed by atoms with Crippen molar-refractivity contribution < 1.29 is 18.7 Å². The van der Waals surface area contributed by atoms with Crippen molar-refractivity contribution in [3.63, 3.8) is 0 Å². The number of hydrogen-bond acceptors (Lipinski definition) is 3. The Morgan fingerprint density at radius 2 is 2.18 bits per heavy atom. The summed E-state index contributed by atoms with van der Waals surface area (Å²) in [4.78, 5) is 14.3. The fourth-order valence-electron chi connectivity index (χ4n) is 1.07. The van der Waals surface area contributed by atoms with E-state index in [1.165, 1.54) is 12.1 Å². The second-order valence-electron chi connectivity index (χ2n) is 3.03. The third-order valence-electron chi connectivity index (χ3n) is 1.71. The van der Waals surface area contributed by atoms with Crippen molar-refractivity contribution in [2.45, 2.75) is 11.3 Å². The number of benzene rings is 1. The summed E-state index contributed by atoms with van der Waals surface area (Å²) in [5.41, 5.74) is 5.60. The minimum atomic E-state index is -2.19. The largest absolute Gasteiger partial charge is 0.481 e. The zero-order valence-corrected chi connectivity index (χ0v) is 11.4. The van der Waals surface area contributed by atoms with Crippen LogP contribution in [-0.2, 0) is 15.9 Å². The van der Waals surface area contributed by atoms with Gasteiger partial charge in [0.25, 0.3) is 0 Å². The van der Waals surface area contributed by atoms with Gasteiger partial charge in [0.1, 0.15) is 12.3 Å². The van der Waals surface area contributed by atoms with Crippen molar-refractivity contribution in [1.29, 1.82) is 0 Å². The highest BCUT2D eigenvalue weighted by Crippen LogP contribution is 2.24. The highest BCUT2D eigenvalue weighted by molar-refractivity contribution is 14.1. The molecule has 1 aromatic carbocycles. The van der Waals surface area contributed by atoms with Crippen LogP contribution in [0.3, 0.4) is 0 Å². The molecule has 0 bridgehead atoms. The van der Waals surface area contributed by atoms with Gasteiger partial charge in [0, 0.05) is 3.57 Å². The van der Waals surface area contributed by atoms with Crippen LogP contribution in [0.5, 0.6) is 0 Å². The SMILES string of the molecule is NC(CC(=O)O)=Nc1ccc(I)cc1S(=O)O. The summed E-state index contributed by atoms with van der Waals surface area (Å²) in [7, 11) is 0. The first kappa shape index (κ1) is 14.1. The Hall–Kier alpha value is -1.000. The molecule has 0 amide bonds. The molecule has 0 aliphatic carbocycles. The van der Waals surface area contributed by atoms with Crippen LogP contribution in [0.25, 0.3) is 0 Å². The zero-order chi connectivity index (χ0) is 13.0. The molecule has 1 atom stereocenters. The third kappa shape index (κ3) is 4.40. The van der Waals surface area contributed by atoms with Gasteiger partial charge in [0.2, 0.25) is 0 Å². The van der Waals surface area contributed by atoms with E-state index in [1.54, 1.807) is 6.07 Å². The lowest BCUT2D eigenvalue weighted by Gasteiger charge is -2.03. The van der Waals surface area contributed by atoms with Crippen molar-refractivity contribution >= 4 is 51.2 Å². The fourth-order valence-corrected chi connectivity index (χ4v) is 2.29. The number of rotatable bonds is 4. The summed E-state index contributed by atoms with van der Waals surface area (Å²) >= 11 is -0.205. The number of halogens is 1. The first-order chi connectivity index (χ1) is 7.90. The lowest BCUT2D eigenvalue weighted by molar-refractivity contribution is -0.135. The first-order valence-electron chi connectivity index (χ1n) is 4.35. The van der Waals surface area contributed by atoms with Crippen LogP contribution < -0.4 is 5.73 Å². The average Bonchev–Trinajstić information content (AvgIpc) is 2.19. The third-order valence-corrected chi connectivity index (χ3v) is 3.08. The summed E-state index contributed by atoms with van der Waals surface area (Å²) in [6.07, 6.45) is -0.413. The van der Waals surface area contributed by atoms with Crippen LogP contribution in [0.4, 0.5) is 5.69 Å². The van der Waals surface area contributed by atoms with E-state index >= 15 is 0 Å². The molecule has 0 fully saturated rings. The van der Waals surface area contributed by atoms with Gasteiger partial charge in [-0.15, -0.1) is 0 Å². The molecule has 92 valence electrons. The van der Waals surface area contributed by atoms with E-state index in [2.05, 4.69) is 4.99 Å². The van der Waals surface area contributed by atoms with E-state index in [0.717, 1.165) is 3.57 Å². The molecular formula is C9H9IN2O4S. The number of carboxylic acid groups (broad SMARTS) is 1. The minimum Gasteiger partial charge on any atom is -0.481 e. The van der Waals surface area contributed by atoms with E-state index in [9.17, 15) is 9.00 Å². The maximum atomic E-state index is 11.1. The van der Waals surface area contributed by atoms with E-state index in [4.69, 9.17) is 15.4 Å². The normalized spacial score (nSPS) is 13.4. The van der Waals surface area contributed by atoms with Gasteiger partial charge in [-0.3, -0.25) is 4.79 Å². The van der Waals surface area contributed by atoms with Crippen LogP contribution in [0.1, 0.15) is 6.42 Å². The van der Waals surface area contributed by atoms with Gasteiger partial charge < -0.3 is 15.4 Å². The molecule has 1 unspecified atom stereocenters. The number of carbonyl (C=O) groups is 1. The number of aliphatic imine (C=N–C) groups is 1. The second-order valence-corrected chi connectivity index (χ2v) is 5.22. The second kappa shape index (κ2) is 6.07. The molecule has 0 saturated carbocycles. The number of hydrogen-bond donors (Lipinski definition) is 3. The lowest BCUT2D eigenvalue weighted by Crippen LogP contribution is -2.16. The zero-order valence-electron chi connectivity index (χ0n) is 8.46. The summed E-state index contributed by atoms with van der Waals surface area (Å²) < 4.78 is 20.9. The summed E-state index contributed by atoms with van der Waals surface area (Å²) in [6.45, 7) is 0. The number of nitrogens with two attached hydrogens (primary N) is 1. The van der Waals surface area contributed by atoms with E-state index in [1.807, 2.05) is 22.6 Å². The lowest BCUT2D eigenvalue weighted by atomic mass is 10.3. The van der Waals surface area contributed by atoms with E-state index in [-0.39, 0.29) is 16.4 Å². The molecule has 0 aliphatic rings. The predicted molar refractivity (Wildman–Crippen MR) is 71.7 cm³/mol. The van der Waals surface area contributed by atoms with Crippen molar-refractivity contribution in [1.82, 2.24) is 0 Å². The fraction of sp³-hybridized carbons (Fsp3) is 0.111. The van der Waals surface area contributed by atoms with Gasteiger partial charge in [0.05, 0.1) is 10.6 Å². The molecule has 0 saturated heterocycles. The number of aliphatic carboxylic acids is 1. The van der Waals surface area contributed by atoms with Gasteiger partial charge in [-0.05, 0) is 40.8 Å². The monoisotopic (exact) mass is 368 g/mol. The minimum absolute atomic E-state index is 0.102. The molecular weight excluding hydrogens is 359 g/mol. The van der Waals surface area contributed by atoms with E-state index < -0.39 is 23.5 Å². The highest BCUT2D eigenvalue weighted by atomic mass is 127.